The fourth-order valence-electron chi connectivity index (χ4n) is 2.29. The van der Waals surface area contributed by atoms with E-state index in [1.165, 1.54) is 22.7 Å². The molecule has 0 amide bonds. The molecule has 0 aliphatic carbocycles. The van der Waals surface area contributed by atoms with E-state index in [0.717, 1.165) is 29.8 Å². The van der Waals surface area contributed by atoms with Gasteiger partial charge in [-0.25, -0.2) is 0 Å². The van der Waals surface area contributed by atoms with Crippen molar-refractivity contribution in [3.63, 3.8) is 0 Å². The van der Waals surface area contributed by atoms with Gasteiger partial charge in [0.15, 0.2) is 0 Å². The highest BCUT2D eigenvalue weighted by atomic mass is 32.1. The summed E-state index contributed by atoms with van der Waals surface area (Å²) in [7, 11) is 0. The van der Waals surface area contributed by atoms with Crippen molar-refractivity contribution in [2.45, 2.75) is 52.0 Å². The standard InChI is InChI=1S/C16H23N3S/c1-4-5-15-16(20-19-18-15)14(17)10-12-6-8-13(9-7-12)11(2)3/h6-9,11,14H,4-5,10,17H2,1-3H3. The minimum absolute atomic E-state index is 0.00134. The van der Waals surface area contributed by atoms with Crippen LogP contribution in [0.3, 0.4) is 0 Å². The molecule has 3 nitrogen and oxygen atoms in total. The molecule has 4 heteroatoms. The first-order valence-electron chi connectivity index (χ1n) is 7.27. The van der Waals surface area contributed by atoms with Gasteiger partial charge in [0.1, 0.15) is 0 Å². The third kappa shape index (κ3) is 3.64. The molecule has 2 rings (SSSR count). The van der Waals surface area contributed by atoms with Crippen LogP contribution in [0.25, 0.3) is 0 Å². The summed E-state index contributed by atoms with van der Waals surface area (Å²) in [5, 5.41) is 4.19. The second kappa shape index (κ2) is 6.95. The zero-order chi connectivity index (χ0) is 14.5. The molecule has 1 aromatic carbocycles. The number of nitrogens with zero attached hydrogens (tertiary/aromatic N) is 2. The Morgan fingerprint density at radius 3 is 2.50 bits per heavy atom. The summed E-state index contributed by atoms with van der Waals surface area (Å²) in [6.07, 6.45) is 2.89. The van der Waals surface area contributed by atoms with Crippen LogP contribution in [0.2, 0.25) is 0 Å². The van der Waals surface area contributed by atoms with E-state index in [1.54, 1.807) is 0 Å². The molecule has 1 aromatic heterocycles. The van der Waals surface area contributed by atoms with E-state index in [0.29, 0.717) is 5.92 Å². The highest BCUT2D eigenvalue weighted by Gasteiger charge is 2.15. The maximum atomic E-state index is 6.33. The fraction of sp³-hybridized carbons (Fsp3) is 0.500. The van der Waals surface area contributed by atoms with Gasteiger partial charge in [-0.15, -0.1) is 5.10 Å². The minimum Gasteiger partial charge on any atom is -0.323 e. The predicted octanol–water partition coefficient (Wildman–Crippen LogP) is 3.86. The van der Waals surface area contributed by atoms with Crippen LogP contribution in [0.5, 0.6) is 0 Å². The van der Waals surface area contributed by atoms with E-state index >= 15 is 0 Å². The Hall–Kier alpha value is -1.26. The fourth-order valence-corrected chi connectivity index (χ4v) is 2.99. The first-order chi connectivity index (χ1) is 9.61. The molecule has 1 heterocycles. The quantitative estimate of drug-likeness (QED) is 0.878. The molecule has 0 saturated carbocycles. The van der Waals surface area contributed by atoms with Gasteiger partial charge in [0.2, 0.25) is 0 Å². The molecule has 0 bridgehead atoms. The van der Waals surface area contributed by atoms with Crippen LogP contribution in [0, 0.1) is 0 Å². The van der Waals surface area contributed by atoms with Crippen LogP contribution in [-0.4, -0.2) is 9.59 Å². The summed E-state index contributed by atoms with van der Waals surface area (Å²) in [5.74, 6) is 0.569. The average Bonchev–Trinajstić information content (AvgIpc) is 2.88. The minimum atomic E-state index is 0.00134. The second-order valence-corrected chi connectivity index (χ2v) is 6.33. The smallest absolute Gasteiger partial charge is 0.0803 e. The SMILES string of the molecule is CCCc1nnsc1C(N)Cc1ccc(C(C)C)cc1. The molecular weight excluding hydrogens is 266 g/mol. The lowest BCUT2D eigenvalue weighted by atomic mass is 9.98. The van der Waals surface area contributed by atoms with Crippen molar-refractivity contribution in [3.8, 4) is 0 Å². The number of aromatic nitrogens is 2. The lowest BCUT2D eigenvalue weighted by Crippen LogP contribution is -2.14. The monoisotopic (exact) mass is 289 g/mol. The molecule has 0 fully saturated rings. The summed E-state index contributed by atoms with van der Waals surface area (Å²) in [6, 6.07) is 8.77. The Morgan fingerprint density at radius 2 is 1.90 bits per heavy atom. The zero-order valence-electron chi connectivity index (χ0n) is 12.5. The summed E-state index contributed by atoms with van der Waals surface area (Å²) in [4.78, 5) is 1.14. The maximum absolute atomic E-state index is 6.33. The van der Waals surface area contributed by atoms with E-state index < -0.39 is 0 Å². The van der Waals surface area contributed by atoms with E-state index in [2.05, 4.69) is 54.6 Å². The van der Waals surface area contributed by atoms with Crippen molar-refractivity contribution in [2.24, 2.45) is 5.73 Å². The summed E-state index contributed by atoms with van der Waals surface area (Å²) >= 11 is 1.44. The molecular formula is C16H23N3S. The number of rotatable bonds is 6. The summed E-state index contributed by atoms with van der Waals surface area (Å²) in [6.45, 7) is 6.57. The van der Waals surface area contributed by atoms with Gasteiger partial charge in [-0.1, -0.05) is 55.9 Å². The molecule has 0 aliphatic heterocycles. The molecule has 1 atom stereocenters. The average molecular weight is 289 g/mol. The summed E-state index contributed by atoms with van der Waals surface area (Å²) < 4.78 is 4.05. The molecule has 0 saturated heterocycles. The van der Waals surface area contributed by atoms with Crippen molar-refractivity contribution >= 4 is 11.5 Å². The third-order valence-corrected chi connectivity index (χ3v) is 4.41. The Balaban J connectivity index is 2.07. The Bertz CT molecular complexity index is 531. The number of hydrogen-bond acceptors (Lipinski definition) is 4. The van der Waals surface area contributed by atoms with Gasteiger partial charge in [0.25, 0.3) is 0 Å². The van der Waals surface area contributed by atoms with E-state index in [1.807, 2.05) is 0 Å². The molecule has 2 N–H and O–H groups in total. The number of benzene rings is 1. The first-order valence-corrected chi connectivity index (χ1v) is 8.04. The second-order valence-electron chi connectivity index (χ2n) is 5.54. The van der Waals surface area contributed by atoms with Crippen molar-refractivity contribution in [1.82, 2.24) is 9.59 Å². The number of aryl methyl sites for hydroxylation is 1. The molecule has 20 heavy (non-hydrogen) atoms. The van der Waals surface area contributed by atoms with Crippen molar-refractivity contribution in [2.75, 3.05) is 0 Å². The Labute approximate surface area is 125 Å². The van der Waals surface area contributed by atoms with Gasteiger partial charge in [-0.05, 0) is 41.4 Å². The zero-order valence-corrected chi connectivity index (χ0v) is 13.3. The number of hydrogen-bond donors (Lipinski definition) is 1. The predicted molar refractivity (Wildman–Crippen MR) is 85.1 cm³/mol. The third-order valence-electron chi connectivity index (χ3n) is 3.51. The van der Waals surface area contributed by atoms with Crippen LogP contribution in [0.15, 0.2) is 24.3 Å². The van der Waals surface area contributed by atoms with Crippen LogP contribution in [0.1, 0.15) is 60.8 Å². The molecule has 1 unspecified atom stereocenters. The van der Waals surface area contributed by atoms with E-state index in [9.17, 15) is 0 Å². The van der Waals surface area contributed by atoms with Gasteiger partial charge >= 0.3 is 0 Å². The molecule has 0 spiro atoms. The molecule has 0 aliphatic rings. The van der Waals surface area contributed by atoms with Crippen molar-refractivity contribution in [1.29, 1.82) is 0 Å². The number of nitrogens with two attached hydrogens (primary N) is 1. The van der Waals surface area contributed by atoms with Crippen molar-refractivity contribution in [3.05, 3.63) is 46.0 Å². The van der Waals surface area contributed by atoms with Gasteiger partial charge in [0, 0.05) is 6.04 Å². The molecule has 2 aromatic rings. The Morgan fingerprint density at radius 1 is 1.20 bits per heavy atom. The lowest BCUT2D eigenvalue weighted by Gasteiger charge is -2.12. The van der Waals surface area contributed by atoms with E-state index in [-0.39, 0.29) is 6.04 Å². The van der Waals surface area contributed by atoms with Crippen LogP contribution in [0.4, 0.5) is 0 Å². The topological polar surface area (TPSA) is 51.8 Å². The van der Waals surface area contributed by atoms with Gasteiger partial charge in [-0.2, -0.15) is 0 Å². The van der Waals surface area contributed by atoms with Crippen LogP contribution >= 0.6 is 11.5 Å². The maximum Gasteiger partial charge on any atom is 0.0803 e. The van der Waals surface area contributed by atoms with Crippen LogP contribution in [-0.2, 0) is 12.8 Å². The molecule has 108 valence electrons. The highest BCUT2D eigenvalue weighted by molar-refractivity contribution is 7.05. The van der Waals surface area contributed by atoms with Crippen molar-refractivity contribution < 1.29 is 0 Å². The van der Waals surface area contributed by atoms with Crippen LogP contribution < -0.4 is 5.73 Å². The highest BCUT2D eigenvalue weighted by Crippen LogP contribution is 2.24. The molecule has 0 radical (unpaired) electrons. The summed E-state index contributed by atoms with van der Waals surface area (Å²) in [5.41, 5.74) is 10.0. The van der Waals surface area contributed by atoms with Gasteiger partial charge in [0.05, 0.1) is 10.6 Å². The first kappa shape index (κ1) is 15.1. The Kier molecular flexibility index (Phi) is 5.26. The van der Waals surface area contributed by atoms with Gasteiger partial charge < -0.3 is 5.73 Å². The largest absolute Gasteiger partial charge is 0.323 e. The van der Waals surface area contributed by atoms with Gasteiger partial charge in [-0.3, -0.25) is 0 Å². The lowest BCUT2D eigenvalue weighted by molar-refractivity contribution is 0.714. The normalized spacial score (nSPS) is 12.8. The van der Waals surface area contributed by atoms with E-state index in [4.69, 9.17) is 5.73 Å².